The van der Waals surface area contributed by atoms with E-state index < -0.39 is 0 Å². The lowest BCUT2D eigenvalue weighted by Gasteiger charge is -2.18. The highest BCUT2D eigenvalue weighted by molar-refractivity contribution is 5.76. The molecule has 0 aliphatic rings. The van der Waals surface area contributed by atoms with Gasteiger partial charge < -0.3 is 15.4 Å². The zero-order chi connectivity index (χ0) is 14.3. The Kier molecular flexibility index (Phi) is 6.36. The Morgan fingerprint density at radius 1 is 1.37 bits per heavy atom. The van der Waals surface area contributed by atoms with E-state index in [2.05, 4.69) is 0 Å². The lowest BCUT2D eigenvalue weighted by Crippen LogP contribution is -2.31. The molecule has 1 aromatic rings. The molecular formula is C15H24N2O2. The van der Waals surface area contributed by atoms with Gasteiger partial charge in [0.15, 0.2) is 0 Å². The molecule has 4 nitrogen and oxygen atoms in total. The Hall–Kier alpha value is -1.55. The van der Waals surface area contributed by atoms with Crippen LogP contribution in [0.3, 0.4) is 0 Å². The van der Waals surface area contributed by atoms with Crippen molar-refractivity contribution < 1.29 is 9.53 Å². The van der Waals surface area contributed by atoms with Crippen LogP contribution in [-0.4, -0.2) is 37.1 Å². The van der Waals surface area contributed by atoms with Gasteiger partial charge in [-0.2, -0.15) is 0 Å². The standard InChI is InChI=1S/C15H24N2O2/c1-12(2)19-11-10-17(3)15(18)9-8-13-6-4-5-7-14(13)16/h4-7,12H,8-11,16H2,1-3H3. The number of aryl methyl sites for hydroxylation is 1. The predicted octanol–water partition coefficient (Wildman–Crippen LogP) is 2.08. The number of hydrogen-bond acceptors (Lipinski definition) is 3. The number of hydrogen-bond donors (Lipinski definition) is 1. The Labute approximate surface area is 115 Å². The minimum absolute atomic E-state index is 0.121. The molecule has 0 aliphatic carbocycles. The number of ether oxygens (including phenoxy) is 1. The number of nitrogens with two attached hydrogens (primary N) is 1. The summed E-state index contributed by atoms with van der Waals surface area (Å²) in [5, 5.41) is 0. The molecule has 19 heavy (non-hydrogen) atoms. The van der Waals surface area contributed by atoms with Crippen LogP contribution in [0.1, 0.15) is 25.8 Å². The fourth-order valence-electron chi connectivity index (χ4n) is 1.74. The van der Waals surface area contributed by atoms with E-state index in [9.17, 15) is 4.79 Å². The van der Waals surface area contributed by atoms with Crippen molar-refractivity contribution in [3.05, 3.63) is 29.8 Å². The maximum absolute atomic E-state index is 11.9. The van der Waals surface area contributed by atoms with E-state index in [4.69, 9.17) is 10.5 Å². The molecule has 1 rings (SSSR count). The molecule has 4 heteroatoms. The molecule has 0 spiro atoms. The molecule has 0 bridgehead atoms. The summed E-state index contributed by atoms with van der Waals surface area (Å²) in [5.74, 6) is 0.121. The van der Waals surface area contributed by atoms with Gasteiger partial charge in [-0.25, -0.2) is 0 Å². The molecule has 0 radical (unpaired) electrons. The first-order valence-corrected chi connectivity index (χ1v) is 6.69. The first kappa shape index (κ1) is 15.5. The lowest BCUT2D eigenvalue weighted by molar-refractivity contribution is -0.130. The van der Waals surface area contributed by atoms with Crippen molar-refractivity contribution in [1.29, 1.82) is 0 Å². The number of anilines is 1. The summed E-state index contributed by atoms with van der Waals surface area (Å²) in [6.45, 7) is 5.18. The van der Waals surface area contributed by atoms with Crippen molar-refractivity contribution in [2.24, 2.45) is 0 Å². The number of carbonyl (C=O) groups is 1. The second-order valence-electron chi connectivity index (χ2n) is 4.93. The molecule has 2 N–H and O–H groups in total. The molecule has 0 atom stereocenters. The van der Waals surface area contributed by atoms with Gasteiger partial charge in [0.1, 0.15) is 0 Å². The monoisotopic (exact) mass is 264 g/mol. The average molecular weight is 264 g/mol. The number of amides is 1. The molecule has 0 fully saturated rings. The quantitative estimate of drug-likeness (QED) is 0.767. The molecule has 106 valence electrons. The van der Waals surface area contributed by atoms with Crippen molar-refractivity contribution in [1.82, 2.24) is 4.90 Å². The number of nitrogen functional groups attached to an aromatic ring is 1. The van der Waals surface area contributed by atoms with Gasteiger partial charge in [0.25, 0.3) is 0 Å². The third kappa shape index (κ3) is 5.75. The smallest absolute Gasteiger partial charge is 0.222 e. The summed E-state index contributed by atoms with van der Waals surface area (Å²) in [7, 11) is 1.81. The third-order valence-corrected chi connectivity index (χ3v) is 2.97. The van der Waals surface area contributed by atoms with Gasteiger partial charge in [0.05, 0.1) is 12.7 Å². The van der Waals surface area contributed by atoms with Gasteiger partial charge >= 0.3 is 0 Å². The summed E-state index contributed by atoms with van der Waals surface area (Å²) in [6, 6.07) is 7.66. The number of nitrogens with zero attached hydrogens (tertiary/aromatic N) is 1. The predicted molar refractivity (Wildman–Crippen MR) is 77.9 cm³/mol. The van der Waals surface area contributed by atoms with E-state index in [1.54, 1.807) is 11.9 Å². The SMILES string of the molecule is CC(C)OCCN(C)C(=O)CCc1ccccc1N. The van der Waals surface area contributed by atoms with Crippen LogP contribution in [0.15, 0.2) is 24.3 Å². The molecule has 1 amide bonds. The Morgan fingerprint density at radius 2 is 2.05 bits per heavy atom. The van der Waals surface area contributed by atoms with Gasteiger partial charge in [-0.3, -0.25) is 4.79 Å². The second-order valence-corrected chi connectivity index (χ2v) is 4.93. The Bertz CT molecular complexity index is 405. The van der Waals surface area contributed by atoms with Crippen LogP contribution < -0.4 is 5.73 Å². The largest absolute Gasteiger partial charge is 0.399 e. The topological polar surface area (TPSA) is 55.6 Å². The Morgan fingerprint density at radius 3 is 2.68 bits per heavy atom. The summed E-state index contributed by atoms with van der Waals surface area (Å²) in [4.78, 5) is 13.6. The second kappa shape index (κ2) is 7.79. The minimum atomic E-state index is 0.121. The highest BCUT2D eigenvalue weighted by Gasteiger charge is 2.09. The van der Waals surface area contributed by atoms with Gasteiger partial charge in [-0.05, 0) is 31.9 Å². The van der Waals surface area contributed by atoms with Crippen LogP contribution in [0, 0.1) is 0 Å². The maximum atomic E-state index is 11.9. The molecular weight excluding hydrogens is 240 g/mol. The molecule has 0 aromatic heterocycles. The average Bonchev–Trinajstić information content (AvgIpc) is 2.36. The van der Waals surface area contributed by atoms with Crippen LogP contribution in [0.25, 0.3) is 0 Å². The van der Waals surface area contributed by atoms with Crippen LogP contribution in [0.4, 0.5) is 5.69 Å². The van der Waals surface area contributed by atoms with E-state index in [1.807, 2.05) is 38.1 Å². The van der Waals surface area contributed by atoms with E-state index >= 15 is 0 Å². The number of para-hydroxylation sites is 1. The van der Waals surface area contributed by atoms with Crippen LogP contribution >= 0.6 is 0 Å². The zero-order valence-electron chi connectivity index (χ0n) is 12.1. The number of likely N-dealkylation sites (N-methyl/N-ethyl adjacent to an activating group) is 1. The van der Waals surface area contributed by atoms with Crippen LogP contribution in [-0.2, 0) is 16.0 Å². The molecule has 0 unspecified atom stereocenters. The molecule has 0 saturated heterocycles. The summed E-state index contributed by atoms with van der Waals surface area (Å²) in [5.41, 5.74) is 7.63. The van der Waals surface area contributed by atoms with Crippen molar-refractivity contribution in [3.8, 4) is 0 Å². The summed E-state index contributed by atoms with van der Waals surface area (Å²) in [6.07, 6.45) is 1.36. The van der Waals surface area contributed by atoms with E-state index in [0.717, 1.165) is 11.3 Å². The van der Waals surface area contributed by atoms with Crippen LogP contribution in [0.5, 0.6) is 0 Å². The summed E-state index contributed by atoms with van der Waals surface area (Å²) < 4.78 is 5.43. The molecule has 1 aromatic carbocycles. The minimum Gasteiger partial charge on any atom is -0.399 e. The highest BCUT2D eigenvalue weighted by Crippen LogP contribution is 2.13. The first-order chi connectivity index (χ1) is 9.00. The molecule has 0 heterocycles. The van der Waals surface area contributed by atoms with Crippen molar-refractivity contribution in [2.75, 3.05) is 25.9 Å². The van der Waals surface area contributed by atoms with Gasteiger partial charge in [0, 0.05) is 25.7 Å². The fraction of sp³-hybridized carbons (Fsp3) is 0.533. The van der Waals surface area contributed by atoms with Crippen molar-refractivity contribution >= 4 is 11.6 Å². The number of rotatable bonds is 7. The van der Waals surface area contributed by atoms with Crippen LogP contribution in [0.2, 0.25) is 0 Å². The normalized spacial score (nSPS) is 10.7. The first-order valence-electron chi connectivity index (χ1n) is 6.69. The van der Waals surface area contributed by atoms with Crippen molar-refractivity contribution in [3.63, 3.8) is 0 Å². The van der Waals surface area contributed by atoms with E-state index in [0.29, 0.717) is 26.0 Å². The maximum Gasteiger partial charge on any atom is 0.222 e. The molecule has 0 aliphatic heterocycles. The van der Waals surface area contributed by atoms with Crippen molar-refractivity contribution in [2.45, 2.75) is 32.8 Å². The van der Waals surface area contributed by atoms with E-state index in [1.165, 1.54) is 0 Å². The lowest BCUT2D eigenvalue weighted by atomic mass is 10.1. The number of benzene rings is 1. The Balaban J connectivity index is 2.32. The zero-order valence-corrected chi connectivity index (χ0v) is 12.1. The highest BCUT2D eigenvalue weighted by atomic mass is 16.5. The van der Waals surface area contributed by atoms with Gasteiger partial charge in [-0.1, -0.05) is 18.2 Å². The molecule has 0 saturated carbocycles. The number of carbonyl (C=O) groups excluding carboxylic acids is 1. The van der Waals surface area contributed by atoms with Gasteiger partial charge in [0.2, 0.25) is 5.91 Å². The third-order valence-electron chi connectivity index (χ3n) is 2.97. The fourth-order valence-corrected chi connectivity index (χ4v) is 1.74. The van der Waals surface area contributed by atoms with E-state index in [-0.39, 0.29) is 12.0 Å². The summed E-state index contributed by atoms with van der Waals surface area (Å²) >= 11 is 0. The van der Waals surface area contributed by atoms with Gasteiger partial charge in [-0.15, -0.1) is 0 Å².